The molecule has 62 valence electrons. The van der Waals surface area contributed by atoms with E-state index in [1.165, 1.54) is 17.7 Å². The highest BCUT2D eigenvalue weighted by Gasteiger charge is 2.41. The van der Waals surface area contributed by atoms with Crippen molar-refractivity contribution in [1.29, 1.82) is 0 Å². The number of thioether (sulfide) groups is 1. The number of quaternary nitrogens is 1. The summed E-state index contributed by atoms with van der Waals surface area (Å²) in [4.78, 5) is 12.5. The molecule has 0 aromatic carbocycles. The zero-order valence-corrected chi connectivity index (χ0v) is 7.32. The lowest BCUT2D eigenvalue weighted by atomic mass is 10.00. The van der Waals surface area contributed by atoms with Gasteiger partial charge in [-0.1, -0.05) is 0 Å². The van der Waals surface area contributed by atoms with E-state index >= 15 is 0 Å². The molecule has 3 heteroatoms. The van der Waals surface area contributed by atoms with E-state index in [4.69, 9.17) is 0 Å². The Balaban J connectivity index is 2.14. The van der Waals surface area contributed by atoms with Gasteiger partial charge in [0.25, 0.3) is 0 Å². The molecule has 0 bridgehead atoms. The molecule has 0 aromatic rings. The number of carbonyl (C=O) groups excluding carboxylic acids is 1. The summed E-state index contributed by atoms with van der Waals surface area (Å²) >= 11 is 1.83. The third-order valence-electron chi connectivity index (χ3n) is 2.58. The molecule has 11 heavy (non-hydrogen) atoms. The standard InChI is InChI=1S/C8H13NOS/c1-9-4-2-3-7-8(9)6(10)5-11-7/h7-9H,1-5H2. The summed E-state index contributed by atoms with van der Waals surface area (Å²) in [5, 5.41) is 0.587. The van der Waals surface area contributed by atoms with Crippen molar-refractivity contribution in [3.8, 4) is 0 Å². The lowest BCUT2D eigenvalue weighted by Gasteiger charge is -2.34. The van der Waals surface area contributed by atoms with Crippen LogP contribution in [-0.4, -0.2) is 29.4 Å². The van der Waals surface area contributed by atoms with E-state index in [1.807, 2.05) is 11.8 Å². The highest BCUT2D eigenvalue weighted by Crippen LogP contribution is 2.28. The fourth-order valence-electron chi connectivity index (χ4n) is 2.01. The van der Waals surface area contributed by atoms with Gasteiger partial charge in [-0.05, 0) is 12.8 Å². The Morgan fingerprint density at radius 1 is 1.64 bits per heavy atom. The average Bonchev–Trinajstić information content (AvgIpc) is 2.34. The topological polar surface area (TPSA) is 21.5 Å². The van der Waals surface area contributed by atoms with Crippen LogP contribution < -0.4 is 4.90 Å². The molecule has 1 N–H and O–H groups in total. The zero-order valence-electron chi connectivity index (χ0n) is 6.51. The van der Waals surface area contributed by atoms with Crippen molar-refractivity contribution < 1.29 is 9.69 Å². The third-order valence-corrected chi connectivity index (χ3v) is 3.97. The van der Waals surface area contributed by atoms with E-state index in [-0.39, 0.29) is 6.04 Å². The Bertz CT molecular complexity index is 183. The fraction of sp³-hybridized carbons (Fsp3) is 0.750. The summed E-state index contributed by atoms with van der Waals surface area (Å²) < 4.78 is 0. The van der Waals surface area contributed by atoms with Crippen LogP contribution in [-0.2, 0) is 4.79 Å². The maximum Gasteiger partial charge on any atom is 0.198 e. The van der Waals surface area contributed by atoms with Crippen molar-refractivity contribution in [2.75, 3.05) is 12.3 Å². The first kappa shape index (κ1) is 7.62. The van der Waals surface area contributed by atoms with Crippen LogP contribution in [0.25, 0.3) is 0 Å². The van der Waals surface area contributed by atoms with Crippen LogP contribution in [0, 0.1) is 7.05 Å². The Morgan fingerprint density at radius 2 is 2.45 bits per heavy atom. The number of nitrogens with one attached hydrogen (secondary N) is 1. The van der Waals surface area contributed by atoms with Crippen LogP contribution in [0.2, 0.25) is 0 Å². The van der Waals surface area contributed by atoms with Gasteiger partial charge in [-0.2, -0.15) is 7.05 Å². The second-order valence-corrected chi connectivity index (χ2v) is 4.57. The number of Topliss-reactive ketones (excluding diaryl/α,β-unsaturated/α-hetero) is 1. The first-order chi connectivity index (χ1) is 5.29. The van der Waals surface area contributed by atoms with Crippen LogP contribution in [0.4, 0.5) is 0 Å². The van der Waals surface area contributed by atoms with Gasteiger partial charge in [-0.25, -0.2) is 0 Å². The maximum absolute atomic E-state index is 11.3. The number of hydrogen-bond acceptors (Lipinski definition) is 2. The minimum atomic E-state index is 0.230. The first-order valence-electron chi connectivity index (χ1n) is 4.11. The number of likely N-dealkylation sites (tertiary alicyclic amines) is 1. The van der Waals surface area contributed by atoms with E-state index in [0.717, 1.165) is 12.3 Å². The quantitative estimate of drug-likeness (QED) is 0.497. The molecule has 3 unspecified atom stereocenters. The van der Waals surface area contributed by atoms with Crippen LogP contribution in [0.15, 0.2) is 0 Å². The Hall–Kier alpha value is -0.0200. The zero-order chi connectivity index (χ0) is 7.84. The summed E-state index contributed by atoms with van der Waals surface area (Å²) in [7, 11) is 3.97. The SMILES string of the molecule is [CH2-][NH+]1CCCC2SCC(=O)C21. The van der Waals surface area contributed by atoms with Crippen LogP contribution in [0.1, 0.15) is 12.8 Å². The molecule has 2 aliphatic rings. The van der Waals surface area contributed by atoms with Crippen molar-refractivity contribution in [2.24, 2.45) is 0 Å². The predicted octanol–water partition coefficient (Wildman–Crippen LogP) is -0.490. The minimum absolute atomic E-state index is 0.230. The van der Waals surface area contributed by atoms with Gasteiger partial charge in [0, 0.05) is 0 Å². The molecule has 0 aromatic heterocycles. The molecule has 2 heterocycles. The van der Waals surface area contributed by atoms with E-state index in [2.05, 4.69) is 7.05 Å². The fourth-order valence-corrected chi connectivity index (χ4v) is 3.44. The van der Waals surface area contributed by atoms with Crippen molar-refractivity contribution in [2.45, 2.75) is 24.1 Å². The van der Waals surface area contributed by atoms with E-state index in [1.54, 1.807) is 0 Å². The van der Waals surface area contributed by atoms with Gasteiger partial charge in [0.2, 0.25) is 0 Å². The highest BCUT2D eigenvalue weighted by atomic mass is 32.2. The Labute approximate surface area is 71.3 Å². The number of carbonyl (C=O) groups is 1. The van der Waals surface area contributed by atoms with Crippen LogP contribution >= 0.6 is 11.8 Å². The minimum Gasteiger partial charge on any atom is -0.458 e. The summed E-state index contributed by atoms with van der Waals surface area (Å²) in [5.74, 6) is 1.15. The van der Waals surface area contributed by atoms with Gasteiger partial charge >= 0.3 is 0 Å². The molecule has 3 atom stereocenters. The second kappa shape index (κ2) is 2.79. The molecule has 0 saturated carbocycles. The Kier molecular flexibility index (Phi) is 1.93. The molecule has 0 radical (unpaired) electrons. The van der Waals surface area contributed by atoms with Crippen molar-refractivity contribution in [3.05, 3.63) is 7.05 Å². The second-order valence-electron chi connectivity index (χ2n) is 3.34. The van der Waals surface area contributed by atoms with E-state index < -0.39 is 0 Å². The molecular formula is C8H13NOS. The van der Waals surface area contributed by atoms with E-state index in [0.29, 0.717) is 11.0 Å². The maximum atomic E-state index is 11.3. The summed E-state index contributed by atoms with van der Waals surface area (Å²) in [6, 6.07) is 0.230. The molecule has 2 aliphatic heterocycles. The molecule has 0 aliphatic carbocycles. The Morgan fingerprint density at radius 3 is 3.18 bits per heavy atom. The van der Waals surface area contributed by atoms with Gasteiger partial charge in [0.1, 0.15) is 6.04 Å². The van der Waals surface area contributed by atoms with Gasteiger partial charge in [-0.15, -0.1) is 11.8 Å². The van der Waals surface area contributed by atoms with Crippen molar-refractivity contribution >= 4 is 17.5 Å². The summed E-state index contributed by atoms with van der Waals surface area (Å²) in [6.07, 6.45) is 2.46. The molecule has 2 saturated heterocycles. The van der Waals surface area contributed by atoms with Crippen LogP contribution in [0.3, 0.4) is 0 Å². The van der Waals surface area contributed by atoms with Gasteiger partial charge < -0.3 is 4.90 Å². The lowest BCUT2D eigenvalue weighted by molar-refractivity contribution is -0.874. The smallest absolute Gasteiger partial charge is 0.198 e. The van der Waals surface area contributed by atoms with Crippen molar-refractivity contribution in [1.82, 2.24) is 0 Å². The van der Waals surface area contributed by atoms with E-state index in [9.17, 15) is 4.79 Å². The van der Waals surface area contributed by atoms with Crippen LogP contribution in [0.5, 0.6) is 0 Å². The molecule has 2 fully saturated rings. The largest absolute Gasteiger partial charge is 0.458 e. The normalized spacial score (nSPS) is 44.1. The number of fused-ring (bicyclic) bond motifs is 1. The van der Waals surface area contributed by atoms with Crippen molar-refractivity contribution in [3.63, 3.8) is 0 Å². The average molecular weight is 171 g/mol. The lowest BCUT2D eigenvalue weighted by Crippen LogP contribution is -3.14. The number of rotatable bonds is 0. The monoisotopic (exact) mass is 171 g/mol. The van der Waals surface area contributed by atoms with Gasteiger partial charge in [0.15, 0.2) is 5.78 Å². The molecular weight excluding hydrogens is 158 g/mol. The number of ketones is 1. The van der Waals surface area contributed by atoms with Gasteiger partial charge in [-0.3, -0.25) is 4.79 Å². The molecule has 0 amide bonds. The molecule has 2 nitrogen and oxygen atoms in total. The summed E-state index contributed by atoms with van der Waals surface area (Å²) in [5.41, 5.74) is 0. The first-order valence-corrected chi connectivity index (χ1v) is 5.16. The highest BCUT2D eigenvalue weighted by molar-refractivity contribution is 8.01. The number of hydrogen-bond donors (Lipinski definition) is 1. The number of piperidine rings is 1. The predicted molar refractivity (Wildman–Crippen MR) is 45.5 cm³/mol. The molecule has 0 spiro atoms. The molecule has 2 rings (SSSR count). The van der Waals surface area contributed by atoms with Gasteiger partial charge in [0.05, 0.1) is 17.5 Å². The summed E-state index contributed by atoms with van der Waals surface area (Å²) in [6.45, 7) is 1.08. The third kappa shape index (κ3) is 1.20.